The van der Waals surface area contributed by atoms with E-state index in [1.807, 2.05) is 17.5 Å². The highest BCUT2D eigenvalue weighted by molar-refractivity contribution is 7.13. The Balaban J connectivity index is 1.86. The minimum atomic E-state index is -4.34. The van der Waals surface area contributed by atoms with Crippen LogP contribution >= 0.6 is 11.3 Å². The summed E-state index contributed by atoms with van der Waals surface area (Å²) in [6, 6.07) is 8.69. The van der Waals surface area contributed by atoms with Gasteiger partial charge in [0.25, 0.3) is 0 Å². The number of hydrogen-bond donors (Lipinski definition) is 1. The third kappa shape index (κ3) is 3.21. The van der Waals surface area contributed by atoms with Gasteiger partial charge in [0, 0.05) is 0 Å². The SMILES string of the molecule is N#Cc1n[nH]nc1-c1sccc1/C=C/c1ccc(C(F)(F)F)cc1. The van der Waals surface area contributed by atoms with E-state index in [0.717, 1.165) is 22.6 Å². The molecule has 2 heterocycles. The van der Waals surface area contributed by atoms with E-state index in [0.29, 0.717) is 11.3 Å². The Kier molecular flexibility index (Phi) is 4.18. The topological polar surface area (TPSA) is 65.4 Å². The highest BCUT2D eigenvalue weighted by Crippen LogP contribution is 2.32. The van der Waals surface area contributed by atoms with E-state index in [-0.39, 0.29) is 5.69 Å². The summed E-state index contributed by atoms with van der Waals surface area (Å²) in [4.78, 5) is 0.767. The van der Waals surface area contributed by atoms with E-state index >= 15 is 0 Å². The Hall–Kier alpha value is -2.92. The van der Waals surface area contributed by atoms with Crippen molar-refractivity contribution in [3.8, 4) is 16.6 Å². The van der Waals surface area contributed by atoms with Gasteiger partial charge in [-0.15, -0.1) is 16.4 Å². The molecule has 1 aromatic carbocycles. The largest absolute Gasteiger partial charge is 0.416 e. The zero-order chi connectivity index (χ0) is 17.2. The third-order valence-electron chi connectivity index (χ3n) is 3.26. The number of alkyl halides is 3. The minimum absolute atomic E-state index is 0.196. The Morgan fingerprint density at radius 2 is 1.83 bits per heavy atom. The number of H-pyrrole nitrogens is 1. The van der Waals surface area contributed by atoms with E-state index in [1.54, 1.807) is 12.2 Å². The fraction of sp³-hybridized carbons (Fsp3) is 0.0625. The lowest BCUT2D eigenvalue weighted by atomic mass is 10.1. The Morgan fingerprint density at radius 3 is 2.50 bits per heavy atom. The molecule has 8 heteroatoms. The molecule has 0 saturated heterocycles. The number of nitrogens with zero attached hydrogens (tertiary/aromatic N) is 3. The molecule has 0 fully saturated rings. The van der Waals surface area contributed by atoms with E-state index in [9.17, 15) is 13.2 Å². The molecule has 4 nitrogen and oxygen atoms in total. The fourth-order valence-electron chi connectivity index (χ4n) is 2.08. The maximum Gasteiger partial charge on any atom is 0.416 e. The zero-order valence-corrected chi connectivity index (χ0v) is 12.8. The Morgan fingerprint density at radius 1 is 1.08 bits per heavy atom. The van der Waals surface area contributed by atoms with Crippen LogP contribution < -0.4 is 0 Å². The lowest BCUT2D eigenvalue weighted by molar-refractivity contribution is -0.137. The molecule has 0 bridgehead atoms. The molecule has 0 unspecified atom stereocenters. The van der Waals surface area contributed by atoms with Gasteiger partial charge in [0.05, 0.1) is 10.4 Å². The second kappa shape index (κ2) is 6.29. The highest BCUT2D eigenvalue weighted by Gasteiger charge is 2.29. The first kappa shape index (κ1) is 16.0. The molecule has 120 valence electrons. The first-order chi connectivity index (χ1) is 11.5. The zero-order valence-electron chi connectivity index (χ0n) is 12.0. The van der Waals surface area contributed by atoms with E-state index in [1.165, 1.54) is 23.5 Å². The average Bonchev–Trinajstić information content (AvgIpc) is 3.20. The summed E-state index contributed by atoms with van der Waals surface area (Å²) < 4.78 is 37.7. The van der Waals surface area contributed by atoms with Crippen molar-refractivity contribution in [3.63, 3.8) is 0 Å². The minimum Gasteiger partial charge on any atom is -0.196 e. The summed E-state index contributed by atoms with van der Waals surface area (Å²) in [6.07, 6.45) is -0.870. The number of nitrogens with one attached hydrogen (secondary N) is 1. The van der Waals surface area contributed by atoms with Gasteiger partial charge >= 0.3 is 6.18 Å². The smallest absolute Gasteiger partial charge is 0.196 e. The normalized spacial score (nSPS) is 11.8. The van der Waals surface area contributed by atoms with Crippen molar-refractivity contribution in [2.75, 3.05) is 0 Å². The van der Waals surface area contributed by atoms with Crippen LogP contribution in [0.3, 0.4) is 0 Å². The van der Waals surface area contributed by atoms with Gasteiger partial charge < -0.3 is 0 Å². The van der Waals surface area contributed by atoms with E-state index in [4.69, 9.17) is 5.26 Å². The number of nitriles is 1. The summed E-state index contributed by atoms with van der Waals surface area (Å²) in [5, 5.41) is 21.0. The van der Waals surface area contributed by atoms with Crippen molar-refractivity contribution in [3.05, 3.63) is 58.1 Å². The molecule has 0 radical (unpaired) electrons. The fourth-order valence-corrected chi connectivity index (χ4v) is 2.96. The number of thiophene rings is 1. The number of benzene rings is 1. The van der Waals surface area contributed by atoms with Gasteiger partial charge in [0.2, 0.25) is 0 Å². The molecule has 24 heavy (non-hydrogen) atoms. The summed E-state index contributed by atoms with van der Waals surface area (Å²) in [7, 11) is 0. The van der Waals surface area contributed by atoms with Crippen molar-refractivity contribution in [1.82, 2.24) is 15.4 Å². The van der Waals surface area contributed by atoms with Crippen LogP contribution in [-0.2, 0) is 6.18 Å². The quantitative estimate of drug-likeness (QED) is 0.754. The molecule has 3 aromatic rings. The first-order valence-electron chi connectivity index (χ1n) is 6.73. The molecule has 2 aromatic heterocycles. The predicted octanol–water partition coefficient (Wildman–Crippen LogP) is 4.59. The van der Waals surface area contributed by atoms with Gasteiger partial charge in [-0.05, 0) is 34.7 Å². The number of rotatable bonds is 3. The van der Waals surface area contributed by atoms with E-state index < -0.39 is 11.7 Å². The molecular formula is C16H9F3N4S. The van der Waals surface area contributed by atoms with Crippen LogP contribution in [-0.4, -0.2) is 15.4 Å². The summed E-state index contributed by atoms with van der Waals surface area (Å²) in [5.74, 6) is 0. The lowest BCUT2D eigenvalue weighted by Crippen LogP contribution is -2.03. The van der Waals surface area contributed by atoms with Crippen molar-refractivity contribution < 1.29 is 13.2 Å². The van der Waals surface area contributed by atoms with Crippen molar-refractivity contribution >= 4 is 23.5 Å². The van der Waals surface area contributed by atoms with Gasteiger partial charge in [-0.25, -0.2) is 0 Å². The van der Waals surface area contributed by atoms with Gasteiger partial charge in [0.1, 0.15) is 11.8 Å². The lowest BCUT2D eigenvalue weighted by Gasteiger charge is -2.05. The van der Waals surface area contributed by atoms with Crippen molar-refractivity contribution in [1.29, 1.82) is 5.26 Å². The maximum atomic E-state index is 12.6. The van der Waals surface area contributed by atoms with Gasteiger partial charge in [0.15, 0.2) is 5.69 Å². The van der Waals surface area contributed by atoms with Crippen LogP contribution in [0.1, 0.15) is 22.4 Å². The maximum absolute atomic E-state index is 12.6. The molecule has 0 aliphatic heterocycles. The molecule has 0 spiro atoms. The molecule has 0 aliphatic carbocycles. The van der Waals surface area contributed by atoms with Crippen LogP contribution in [0.25, 0.3) is 22.7 Å². The van der Waals surface area contributed by atoms with Crippen LogP contribution in [0.2, 0.25) is 0 Å². The second-order valence-electron chi connectivity index (χ2n) is 4.79. The number of hydrogen-bond acceptors (Lipinski definition) is 4. The molecule has 3 rings (SSSR count). The van der Waals surface area contributed by atoms with Gasteiger partial charge in [-0.3, -0.25) is 0 Å². The van der Waals surface area contributed by atoms with E-state index in [2.05, 4.69) is 15.4 Å². The van der Waals surface area contributed by atoms with Crippen LogP contribution in [0.5, 0.6) is 0 Å². The molecule has 0 amide bonds. The van der Waals surface area contributed by atoms with Crippen LogP contribution in [0, 0.1) is 11.3 Å². The van der Waals surface area contributed by atoms with Crippen molar-refractivity contribution in [2.45, 2.75) is 6.18 Å². The average molecular weight is 346 g/mol. The molecule has 0 saturated carbocycles. The summed E-state index contributed by atoms with van der Waals surface area (Å²) >= 11 is 1.40. The second-order valence-corrected chi connectivity index (χ2v) is 5.71. The molecule has 0 aliphatic rings. The molecule has 1 N–H and O–H groups in total. The van der Waals surface area contributed by atoms with Gasteiger partial charge in [-0.2, -0.15) is 28.7 Å². The standard InChI is InChI=1S/C16H9F3N4S/c17-16(18,19)12-5-2-10(3-6-12)1-4-11-7-8-24-15(11)14-13(9-20)21-23-22-14/h1-8H,(H,21,22,23)/b4-1+. The first-order valence-corrected chi connectivity index (χ1v) is 7.61. The Labute approximate surface area is 138 Å². The number of aromatic nitrogens is 3. The monoisotopic (exact) mass is 346 g/mol. The highest BCUT2D eigenvalue weighted by atomic mass is 32.1. The summed E-state index contributed by atoms with van der Waals surface area (Å²) in [6.45, 7) is 0. The predicted molar refractivity (Wildman–Crippen MR) is 84.8 cm³/mol. The van der Waals surface area contributed by atoms with Crippen LogP contribution in [0.4, 0.5) is 13.2 Å². The van der Waals surface area contributed by atoms with Crippen molar-refractivity contribution in [2.24, 2.45) is 0 Å². The summed E-state index contributed by atoms with van der Waals surface area (Å²) in [5.41, 5.74) is 1.42. The van der Waals surface area contributed by atoms with Gasteiger partial charge in [-0.1, -0.05) is 24.3 Å². The number of aromatic amines is 1. The van der Waals surface area contributed by atoms with Crippen LogP contribution in [0.15, 0.2) is 35.7 Å². The molecule has 0 atom stereocenters. The third-order valence-corrected chi connectivity index (χ3v) is 4.19. The number of halogens is 3. The molecular weight excluding hydrogens is 337 g/mol. The Bertz CT molecular complexity index is 914.